The molecule has 1 saturated heterocycles. The van der Waals surface area contributed by atoms with E-state index in [1.165, 1.54) is 11.3 Å². The molecule has 154 valence electrons. The predicted molar refractivity (Wildman–Crippen MR) is 117 cm³/mol. The SMILES string of the molecule is O=C(NCCO)c1c(=O)c2ccc(N3CCOCC3)nc2n2c1sc1ccccc12. The lowest BCUT2D eigenvalue weighted by Gasteiger charge is -2.27. The van der Waals surface area contributed by atoms with E-state index in [-0.39, 0.29) is 24.1 Å². The quantitative estimate of drug-likeness (QED) is 0.517. The molecule has 5 rings (SSSR count). The highest BCUT2D eigenvalue weighted by atomic mass is 32.1. The topological polar surface area (TPSA) is 96.2 Å². The maximum atomic E-state index is 13.3. The molecule has 0 aliphatic carbocycles. The molecule has 4 aromatic rings. The number of aliphatic hydroxyl groups excluding tert-OH is 1. The Morgan fingerprint density at radius 2 is 2.00 bits per heavy atom. The summed E-state index contributed by atoms with van der Waals surface area (Å²) in [5, 5.41) is 12.1. The van der Waals surface area contributed by atoms with Gasteiger partial charge in [-0.25, -0.2) is 4.98 Å². The van der Waals surface area contributed by atoms with E-state index in [1.54, 1.807) is 6.07 Å². The summed E-state index contributed by atoms with van der Waals surface area (Å²) in [7, 11) is 0. The third-order valence-electron chi connectivity index (χ3n) is 5.23. The number of anilines is 1. The first kappa shape index (κ1) is 19.0. The van der Waals surface area contributed by atoms with Gasteiger partial charge in [-0.1, -0.05) is 12.1 Å². The van der Waals surface area contributed by atoms with Crippen molar-refractivity contribution in [2.45, 2.75) is 0 Å². The Balaban J connectivity index is 1.82. The Morgan fingerprint density at radius 1 is 1.20 bits per heavy atom. The van der Waals surface area contributed by atoms with Gasteiger partial charge in [-0.3, -0.25) is 14.0 Å². The van der Waals surface area contributed by atoms with Gasteiger partial charge < -0.3 is 20.1 Å². The molecule has 1 aliphatic rings. The summed E-state index contributed by atoms with van der Waals surface area (Å²) in [6.45, 7) is 2.65. The van der Waals surface area contributed by atoms with Gasteiger partial charge in [0.2, 0.25) is 5.43 Å². The minimum atomic E-state index is -0.489. The van der Waals surface area contributed by atoms with Crippen LogP contribution in [0.5, 0.6) is 0 Å². The fourth-order valence-electron chi connectivity index (χ4n) is 3.81. The summed E-state index contributed by atoms with van der Waals surface area (Å²) < 4.78 is 8.29. The van der Waals surface area contributed by atoms with Gasteiger partial charge in [0.05, 0.1) is 35.4 Å². The molecule has 0 bridgehead atoms. The van der Waals surface area contributed by atoms with Crippen LogP contribution in [0.2, 0.25) is 0 Å². The molecule has 1 amide bonds. The number of morpholine rings is 1. The maximum Gasteiger partial charge on any atom is 0.258 e. The minimum Gasteiger partial charge on any atom is -0.395 e. The van der Waals surface area contributed by atoms with E-state index in [0.29, 0.717) is 29.1 Å². The van der Waals surface area contributed by atoms with Crippen molar-refractivity contribution in [2.24, 2.45) is 0 Å². The molecule has 1 aliphatic heterocycles. The van der Waals surface area contributed by atoms with Gasteiger partial charge in [-0.2, -0.15) is 0 Å². The number of fused-ring (bicyclic) bond motifs is 5. The van der Waals surface area contributed by atoms with Crippen molar-refractivity contribution in [3.05, 3.63) is 52.2 Å². The van der Waals surface area contributed by atoms with Gasteiger partial charge in [0.25, 0.3) is 5.91 Å². The molecule has 9 heteroatoms. The van der Waals surface area contributed by atoms with Gasteiger partial charge in [0.1, 0.15) is 16.2 Å². The highest BCUT2D eigenvalue weighted by Gasteiger charge is 2.23. The van der Waals surface area contributed by atoms with E-state index in [1.807, 2.05) is 34.7 Å². The Hall–Kier alpha value is -3.01. The first-order valence-corrected chi connectivity index (χ1v) is 10.6. The summed E-state index contributed by atoms with van der Waals surface area (Å²) >= 11 is 1.39. The number of para-hydroxylation sites is 1. The Kier molecular flexibility index (Phi) is 4.86. The lowest BCUT2D eigenvalue weighted by atomic mass is 10.1. The third-order valence-corrected chi connectivity index (χ3v) is 6.38. The first-order chi connectivity index (χ1) is 14.7. The number of aromatic nitrogens is 2. The maximum absolute atomic E-state index is 13.3. The van der Waals surface area contributed by atoms with E-state index >= 15 is 0 Å². The zero-order chi connectivity index (χ0) is 20.7. The van der Waals surface area contributed by atoms with E-state index in [2.05, 4.69) is 10.2 Å². The number of aliphatic hydroxyl groups is 1. The van der Waals surface area contributed by atoms with Crippen LogP contribution in [0.3, 0.4) is 0 Å². The molecule has 0 atom stereocenters. The van der Waals surface area contributed by atoms with Crippen LogP contribution in [0.4, 0.5) is 5.82 Å². The van der Waals surface area contributed by atoms with E-state index in [4.69, 9.17) is 14.8 Å². The number of pyridine rings is 2. The van der Waals surface area contributed by atoms with Gasteiger partial charge in [-0.15, -0.1) is 11.3 Å². The molecule has 3 aromatic heterocycles. The van der Waals surface area contributed by atoms with Crippen molar-refractivity contribution in [3.8, 4) is 0 Å². The number of nitrogens with zero attached hydrogens (tertiary/aromatic N) is 3. The normalized spacial score (nSPS) is 14.6. The highest BCUT2D eigenvalue weighted by molar-refractivity contribution is 7.24. The highest BCUT2D eigenvalue weighted by Crippen LogP contribution is 2.31. The Morgan fingerprint density at radius 3 is 2.80 bits per heavy atom. The number of benzene rings is 1. The summed E-state index contributed by atoms with van der Waals surface area (Å²) in [4.78, 5) is 33.6. The van der Waals surface area contributed by atoms with E-state index < -0.39 is 5.91 Å². The van der Waals surface area contributed by atoms with Crippen molar-refractivity contribution < 1.29 is 14.6 Å². The zero-order valence-electron chi connectivity index (χ0n) is 16.1. The molecule has 8 nitrogen and oxygen atoms in total. The molecule has 0 radical (unpaired) electrons. The molecule has 0 spiro atoms. The van der Waals surface area contributed by atoms with Gasteiger partial charge in [-0.05, 0) is 24.3 Å². The van der Waals surface area contributed by atoms with Crippen LogP contribution in [0.1, 0.15) is 10.4 Å². The van der Waals surface area contributed by atoms with Crippen LogP contribution in [-0.2, 0) is 4.74 Å². The molecular weight excluding hydrogens is 404 g/mol. The molecule has 1 fully saturated rings. The van der Waals surface area contributed by atoms with Crippen LogP contribution in [0.25, 0.3) is 26.1 Å². The monoisotopic (exact) mass is 424 g/mol. The first-order valence-electron chi connectivity index (χ1n) is 9.78. The zero-order valence-corrected chi connectivity index (χ0v) is 16.9. The number of nitrogens with one attached hydrogen (secondary N) is 1. The second-order valence-electron chi connectivity index (χ2n) is 7.03. The largest absolute Gasteiger partial charge is 0.395 e. The van der Waals surface area contributed by atoms with Crippen molar-refractivity contribution in [3.63, 3.8) is 0 Å². The number of ether oxygens (including phenoxy) is 1. The number of hydrogen-bond acceptors (Lipinski definition) is 7. The minimum absolute atomic E-state index is 0.0815. The average molecular weight is 424 g/mol. The number of thiazole rings is 1. The number of rotatable bonds is 4. The van der Waals surface area contributed by atoms with Gasteiger partial charge in [0.15, 0.2) is 5.65 Å². The van der Waals surface area contributed by atoms with Crippen molar-refractivity contribution in [2.75, 3.05) is 44.4 Å². The lowest BCUT2D eigenvalue weighted by molar-refractivity contribution is 0.0945. The van der Waals surface area contributed by atoms with Crippen molar-refractivity contribution >= 4 is 49.1 Å². The van der Waals surface area contributed by atoms with Gasteiger partial charge >= 0.3 is 0 Å². The number of amides is 1. The van der Waals surface area contributed by atoms with Crippen LogP contribution in [0, 0.1) is 0 Å². The smallest absolute Gasteiger partial charge is 0.258 e. The van der Waals surface area contributed by atoms with E-state index in [9.17, 15) is 9.59 Å². The lowest BCUT2D eigenvalue weighted by Crippen LogP contribution is -2.37. The van der Waals surface area contributed by atoms with Gasteiger partial charge in [0, 0.05) is 19.6 Å². The predicted octanol–water partition coefficient (Wildman–Crippen LogP) is 1.62. The third kappa shape index (κ3) is 3.02. The standard InChI is InChI=1S/C21H20N4O4S/c26-10-7-22-20(28)17-18(27)13-5-6-16(24-8-11-29-12-9-24)23-19(13)25-14-3-1-2-4-15(14)30-21(17)25/h1-6,26H,7-12H2,(H,22,28). The molecule has 2 N–H and O–H groups in total. The second-order valence-corrected chi connectivity index (χ2v) is 8.06. The van der Waals surface area contributed by atoms with Crippen LogP contribution in [0.15, 0.2) is 41.2 Å². The van der Waals surface area contributed by atoms with Crippen molar-refractivity contribution in [1.29, 1.82) is 0 Å². The fraction of sp³-hybridized carbons (Fsp3) is 0.286. The summed E-state index contributed by atoms with van der Waals surface area (Å²) in [6, 6.07) is 11.3. The number of hydrogen-bond donors (Lipinski definition) is 2. The fourth-order valence-corrected chi connectivity index (χ4v) is 4.99. The molecule has 0 saturated carbocycles. The molecule has 30 heavy (non-hydrogen) atoms. The Bertz CT molecular complexity index is 1320. The molecule has 4 heterocycles. The van der Waals surface area contributed by atoms with Crippen LogP contribution in [-0.4, -0.2) is 59.9 Å². The average Bonchev–Trinajstić information content (AvgIpc) is 3.17. The summed E-state index contributed by atoms with van der Waals surface area (Å²) in [6.07, 6.45) is 0. The second kappa shape index (κ2) is 7.67. The number of carbonyl (C=O) groups excluding carboxylic acids is 1. The van der Waals surface area contributed by atoms with Crippen molar-refractivity contribution in [1.82, 2.24) is 14.7 Å². The number of carbonyl (C=O) groups is 1. The summed E-state index contributed by atoms with van der Waals surface area (Å²) in [5.74, 6) is 0.295. The molecular formula is C21H20N4O4S. The Labute approximate surface area is 175 Å². The molecule has 1 aromatic carbocycles. The molecule has 0 unspecified atom stereocenters. The van der Waals surface area contributed by atoms with E-state index in [0.717, 1.165) is 29.1 Å². The van der Waals surface area contributed by atoms with Crippen LogP contribution < -0.4 is 15.6 Å². The summed E-state index contributed by atoms with van der Waals surface area (Å²) in [5.41, 5.74) is 1.16. The van der Waals surface area contributed by atoms with Crippen LogP contribution >= 0.6 is 11.3 Å².